The lowest BCUT2D eigenvalue weighted by atomic mass is 9.95. The third-order valence-electron chi connectivity index (χ3n) is 13.3. The highest BCUT2D eigenvalue weighted by Gasteiger charge is 2.42. The number of amidine groups is 1. The molecule has 0 bridgehead atoms. The number of alkyl carbamates (subject to hydrolysis) is 2. The molecule has 4 N–H and O–H groups in total. The molecule has 6 unspecified atom stereocenters. The first kappa shape index (κ1) is 61.1. The van der Waals surface area contributed by atoms with Crippen LogP contribution in [-0.2, 0) is 46.2 Å². The number of ketones is 4. The van der Waals surface area contributed by atoms with Crippen molar-refractivity contribution in [3.8, 4) is 12.3 Å². The summed E-state index contributed by atoms with van der Waals surface area (Å²) in [5, 5.41) is 12.4. The number of guanidine groups is 1. The van der Waals surface area contributed by atoms with Crippen molar-refractivity contribution < 1.29 is 47.8 Å². The minimum Gasteiger partial charge on any atom is -0.444 e. The summed E-state index contributed by atoms with van der Waals surface area (Å²) in [4.78, 5) is 99.0. The monoisotopic (exact) mass is 1080 g/mol. The van der Waals surface area contributed by atoms with Crippen LogP contribution in [0.5, 0.6) is 0 Å². The Labute approximate surface area is 454 Å². The maximum Gasteiger partial charge on any atom is 0.414 e. The molecular weight excluding hydrogens is 993 g/mol. The van der Waals surface area contributed by atoms with Gasteiger partial charge in [0.1, 0.15) is 46.8 Å². The number of Topliss-reactive ketones (excluding diaryl/α,β-unsaturated/α-hetero) is 4. The molecule has 0 spiro atoms. The zero-order valence-corrected chi connectivity index (χ0v) is 47.1. The normalized spacial score (nSPS) is 20.7. The Morgan fingerprint density at radius 1 is 0.653 bits per heavy atom. The van der Waals surface area contributed by atoms with Gasteiger partial charge < -0.3 is 24.8 Å². The van der Waals surface area contributed by atoms with Crippen molar-refractivity contribution in [2.75, 3.05) is 31.3 Å². The second-order valence-electron chi connectivity index (χ2n) is 22.4. The Hall–Kier alpha value is -4.73. The quantitative estimate of drug-likeness (QED) is 0.0403. The molecule has 6 atom stereocenters. The Morgan fingerprint density at radius 2 is 1.16 bits per heavy atom. The standard InChI is InChI=1S/C57H84N6O10S2/c1-8-28-71-29-27-58-52(68)40-31-38(33-44(66)23-13-9-11-19-42(64)21-15-17-25-47-50-41(36-74-47)35-49(60-50)61-54(69)72-56(2,3)4)30-39(32-40)34-45(67)24-14-10-12-20-43(65)22-16-18-26-48-51-46(37-75-48)59-53(62-51)63-55(70)73-57(5,6)7/h1,30-32,41,46-48,50-51H,9-29,33-37H2,2-7H3,(H,58,68)(H,60,61,69)(H2,59,62,63,70). The molecule has 0 aliphatic carbocycles. The second kappa shape index (κ2) is 30.9. The van der Waals surface area contributed by atoms with Crippen LogP contribution in [0, 0.1) is 18.3 Å². The van der Waals surface area contributed by atoms with Crippen LogP contribution in [-0.4, -0.2) is 124 Å². The Balaban J connectivity index is 0.948. The number of hydrogen-bond acceptors (Lipinski definition) is 15. The molecule has 75 heavy (non-hydrogen) atoms. The predicted octanol–water partition coefficient (Wildman–Crippen LogP) is 9.21. The van der Waals surface area contributed by atoms with Gasteiger partial charge in [-0.15, -0.1) is 6.42 Å². The van der Waals surface area contributed by atoms with Crippen LogP contribution in [0.1, 0.15) is 185 Å². The van der Waals surface area contributed by atoms with Gasteiger partial charge in [-0.25, -0.2) is 14.6 Å². The first-order chi connectivity index (χ1) is 35.7. The molecule has 1 aromatic rings. The van der Waals surface area contributed by atoms with E-state index in [1.807, 2.05) is 71.1 Å². The van der Waals surface area contributed by atoms with E-state index < -0.39 is 23.4 Å². The van der Waals surface area contributed by atoms with Gasteiger partial charge in [0.05, 0.1) is 24.7 Å². The van der Waals surface area contributed by atoms with Crippen LogP contribution in [0.2, 0.25) is 0 Å². The average Bonchev–Trinajstić information content (AvgIpc) is 4.10. The maximum absolute atomic E-state index is 13.2. The molecule has 0 aromatic heterocycles. The molecule has 5 rings (SSSR count). The average molecular weight is 1080 g/mol. The zero-order chi connectivity index (χ0) is 54.4. The first-order valence-corrected chi connectivity index (χ1v) is 29.5. The van der Waals surface area contributed by atoms with Gasteiger partial charge in [0, 0.05) is 86.1 Å². The van der Waals surface area contributed by atoms with E-state index in [0.717, 1.165) is 82.1 Å². The SMILES string of the molecule is C#CCOCCNC(=O)c1cc(CC(=O)CCCCCC(=O)CCCCC2SCC3CC(NC(=O)OC(C)(C)C)=NC32)cc(CC(=O)CCCCCC(=O)CCCCC2SCC3NC(NC(=O)OC(C)(C)C)=NC32)c1. The number of aliphatic imine (C=N–C) groups is 2. The molecule has 16 nitrogen and oxygen atoms in total. The summed E-state index contributed by atoms with van der Waals surface area (Å²) in [7, 11) is 0. The number of carbonyl (C=O) groups excluding carboxylic acids is 7. The molecule has 4 aliphatic heterocycles. The number of benzene rings is 1. The largest absolute Gasteiger partial charge is 0.444 e. The topological polar surface area (TPSA) is 220 Å². The van der Waals surface area contributed by atoms with Crippen molar-refractivity contribution in [3.63, 3.8) is 0 Å². The van der Waals surface area contributed by atoms with Gasteiger partial charge >= 0.3 is 12.2 Å². The Bertz CT molecular complexity index is 2100. The number of terminal acetylenes is 1. The van der Waals surface area contributed by atoms with Crippen molar-refractivity contribution in [1.82, 2.24) is 21.3 Å². The molecule has 18 heteroatoms. The molecule has 4 aliphatic rings. The van der Waals surface area contributed by atoms with Crippen LogP contribution >= 0.6 is 23.5 Å². The molecule has 0 saturated carbocycles. The fourth-order valence-corrected chi connectivity index (χ4v) is 13.0. The molecule has 2 fully saturated rings. The highest BCUT2D eigenvalue weighted by atomic mass is 32.2. The Morgan fingerprint density at radius 3 is 1.71 bits per heavy atom. The van der Waals surface area contributed by atoms with Crippen LogP contribution in [0.15, 0.2) is 28.2 Å². The number of fused-ring (bicyclic) bond motifs is 2. The van der Waals surface area contributed by atoms with E-state index in [4.69, 9.17) is 30.6 Å². The maximum atomic E-state index is 13.2. The summed E-state index contributed by atoms with van der Waals surface area (Å²) < 4.78 is 16.0. The van der Waals surface area contributed by atoms with Gasteiger partial charge in [-0.05, 0) is 128 Å². The number of ether oxygens (including phenoxy) is 3. The number of amides is 3. The lowest BCUT2D eigenvalue weighted by Crippen LogP contribution is -2.44. The molecular formula is C57H84N6O10S2. The fourth-order valence-electron chi connectivity index (χ4n) is 9.85. The number of carbonyl (C=O) groups is 7. The summed E-state index contributed by atoms with van der Waals surface area (Å²) >= 11 is 3.83. The fraction of sp³-hybridized carbons (Fsp3) is 0.702. The van der Waals surface area contributed by atoms with Crippen molar-refractivity contribution >= 4 is 76.5 Å². The second-order valence-corrected chi connectivity index (χ2v) is 25.0. The van der Waals surface area contributed by atoms with Gasteiger partial charge in [-0.3, -0.25) is 39.6 Å². The highest BCUT2D eigenvalue weighted by molar-refractivity contribution is 8.00. The van der Waals surface area contributed by atoms with Crippen molar-refractivity contribution in [2.45, 2.75) is 216 Å². The lowest BCUT2D eigenvalue weighted by Gasteiger charge is -2.19. The third-order valence-corrected chi connectivity index (χ3v) is 16.4. The lowest BCUT2D eigenvalue weighted by molar-refractivity contribution is -0.120. The summed E-state index contributed by atoms with van der Waals surface area (Å²) in [6.07, 6.45) is 17.9. The molecule has 3 amide bonds. The molecule has 4 heterocycles. The number of rotatable bonds is 31. The van der Waals surface area contributed by atoms with E-state index in [9.17, 15) is 33.6 Å². The summed E-state index contributed by atoms with van der Waals surface area (Å²) in [6.45, 7) is 11.6. The highest BCUT2D eigenvalue weighted by Crippen LogP contribution is 2.42. The molecule has 2 saturated heterocycles. The summed E-state index contributed by atoms with van der Waals surface area (Å²) in [6, 6.07) is 5.72. The molecule has 414 valence electrons. The molecule has 1 aromatic carbocycles. The van der Waals surface area contributed by atoms with E-state index >= 15 is 0 Å². The van der Waals surface area contributed by atoms with Gasteiger partial charge in [-0.2, -0.15) is 23.5 Å². The number of nitrogens with zero attached hydrogens (tertiary/aromatic N) is 2. The van der Waals surface area contributed by atoms with Gasteiger partial charge in [0.2, 0.25) is 5.96 Å². The Kier molecular flexibility index (Phi) is 25.2. The number of nitrogens with one attached hydrogen (secondary N) is 4. The minimum atomic E-state index is -0.591. The summed E-state index contributed by atoms with van der Waals surface area (Å²) in [5.41, 5.74) is 0.563. The van der Waals surface area contributed by atoms with Crippen LogP contribution in [0.25, 0.3) is 0 Å². The van der Waals surface area contributed by atoms with Gasteiger partial charge in [0.25, 0.3) is 5.91 Å². The summed E-state index contributed by atoms with van der Waals surface area (Å²) in [5.74, 6) is 6.15. The third kappa shape index (κ3) is 23.2. The number of hydrogen-bond donors (Lipinski definition) is 4. The van der Waals surface area contributed by atoms with E-state index in [2.05, 4.69) is 27.2 Å². The molecule has 0 radical (unpaired) electrons. The smallest absolute Gasteiger partial charge is 0.414 e. The van der Waals surface area contributed by atoms with E-state index in [-0.39, 0.29) is 79.8 Å². The van der Waals surface area contributed by atoms with Crippen molar-refractivity contribution in [3.05, 3.63) is 34.9 Å². The van der Waals surface area contributed by atoms with Gasteiger partial charge in [-0.1, -0.05) is 37.7 Å². The predicted molar refractivity (Wildman–Crippen MR) is 298 cm³/mol. The first-order valence-electron chi connectivity index (χ1n) is 27.4. The van der Waals surface area contributed by atoms with E-state index in [0.29, 0.717) is 96.3 Å². The van der Waals surface area contributed by atoms with Crippen LogP contribution < -0.4 is 21.3 Å². The van der Waals surface area contributed by atoms with E-state index in [1.165, 1.54) is 0 Å². The van der Waals surface area contributed by atoms with E-state index in [1.54, 1.807) is 12.1 Å². The van der Waals surface area contributed by atoms with Crippen molar-refractivity contribution in [2.24, 2.45) is 15.9 Å². The van der Waals surface area contributed by atoms with Crippen LogP contribution in [0.3, 0.4) is 0 Å². The number of thioether (sulfide) groups is 2. The zero-order valence-electron chi connectivity index (χ0n) is 45.5. The van der Waals surface area contributed by atoms with Crippen molar-refractivity contribution in [1.29, 1.82) is 0 Å². The number of unbranched alkanes of at least 4 members (excludes halogenated alkanes) is 6. The van der Waals surface area contributed by atoms with Gasteiger partial charge in [0.15, 0.2) is 0 Å². The van der Waals surface area contributed by atoms with Crippen LogP contribution in [0.4, 0.5) is 9.59 Å². The minimum absolute atomic E-state index is 0.0318.